The molecule has 13 heteroatoms. The van der Waals surface area contributed by atoms with Crippen LogP contribution in [0.2, 0.25) is 5.02 Å². The number of likely N-dealkylation sites (N-methyl/N-ethyl adjacent to an activating group) is 1. The third kappa shape index (κ3) is 4.21. The van der Waals surface area contributed by atoms with Gasteiger partial charge in [-0.25, -0.2) is 4.98 Å². The number of aliphatic hydroxyl groups excluding tert-OH is 1. The second-order valence-electron chi connectivity index (χ2n) is 9.46. The van der Waals surface area contributed by atoms with Crippen LogP contribution in [0.4, 0.5) is 5.69 Å². The fraction of sp³-hybridized carbons (Fsp3) is 0.346. The van der Waals surface area contributed by atoms with Crippen molar-refractivity contribution in [2.24, 2.45) is 0 Å². The molecule has 206 valence electrons. The van der Waals surface area contributed by atoms with Crippen molar-refractivity contribution in [2.45, 2.75) is 35.2 Å². The summed E-state index contributed by atoms with van der Waals surface area (Å²) in [6.07, 6.45) is 0.590. The predicted octanol–water partition coefficient (Wildman–Crippen LogP) is 2.70. The van der Waals surface area contributed by atoms with Crippen LogP contribution >= 0.6 is 22.9 Å². The molecule has 0 bridgehead atoms. The van der Waals surface area contributed by atoms with E-state index in [9.17, 15) is 23.1 Å². The van der Waals surface area contributed by atoms with E-state index in [-0.39, 0.29) is 57.4 Å². The molecule has 3 aromatic rings. The number of amides is 2. The Bertz CT molecular complexity index is 1530. The number of sulfonamides is 1. The first-order valence-electron chi connectivity index (χ1n) is 12.2. The van der Waals surface area contributed by atoms with Gasteiger partial charge in [-0.05, 0) is 55.1 Å². The van der Waals surface area contributed by atoms with Crippen LogP contribution in [0.25, 0.3) is 0 Å². The molecule has 0 spiro atoms. The average Bonchev–Trinajstić information content (AvgIpc) is 3.62. The molecule has 2 aliphatic rings. The second-order valence-corrected chi connectivity index (χ2v) is 12.9. The smallest absolute Gasteiger partial charge is 0.280 e. The summed E-state index contributed by atoms with van der Waals surface area (Å²) in [6.45, 7) is 1.89. The molecule has 1 unspecified atom stereocenters. The molecule has 2 amide bonds. The van der Waals surface area contributed by atoms with Gasteiger partial charge in [0.1, 0.15) is 4.21 Å². The van der Waals surface area contributed by atoms with Gasteiger partial charge < -0.3 is 14.7 Å². The number of halogens is 1. The number of carbonyl (C=O) groups is 2. The van der Waals surface area contributed by atoms with Crippen LogP contribution in [0.3, 0.4) is 0 Å². The number of carbonyl (C=O) groups excluding carboxylic acids is 2. The zero-order valence-corrected chi connectivity index (χ0v) is 23.8. The van der Waals surface area contributed by atoms with Gasteiger partial charge in [0.25, 0.3) is 15.9 Å². The Kier molecular flexibility index (Phi) is 7.18. The summed E-state index contributed by atoms with van der Waals surface area (Å²) in [5.41, 5.74) is -1.31. The average molecular weight is 591 g/mol. The monoisotopic (exact) mass is 590 g/mol. The molecule has 1 saturated heterocycles. The number of hydrogen-bond acceptors (Lipinski definition) is 9. The molecular formula is C26H27ClN4O6S2. The largest absolute Gasteiger partial charge is 0.478 e. The normalized spacial score (nSPS) is 23.2. The molecule has 0 saturated carbocycles. The number of aliphatic hydroxyl groups is 1. The molecule has 39 heavy (non-hydrogen) atoms. The predicted molar refractivity (Wildman–Crippen MR) is 146 cm³/mol. The number of anilines is 1. The van der Waals surface area contributed by atoms with Gasteiger partial charge in [-0.15, -0.1) is 11.3 Å². The Hall–Kier alpha value is -3.03. The van der Waals surface area contributed by atoms with Crippen LogP contribution < -0.4 is 9.04 Å². The highest BCUT2D eigenvalue weighted by molar-refractivity contribution is 7.95. The van der Waals surface area contributed by atoms with E-state index >= 15 is 0 Å². The Labute approximate surface area is 235 Å². The maximum atomic E-state index is 14.9. The zero-order chi connectivity index (χ0) is 28.1. The van der Waals surface area contributed by atoms with Crippen molar-refractivity contribution in [2.75, 3.05) is 31.6 Å². The van der Waals surface area contributed by atoms with E-state index in [0.717, 1.165) is 15.6 Å². The first-order valence-corrected chi connectivity index (χ1v) is 14.9. The van der Waals surface area contributed by atoms with Gasteiger partial charge in [0.15, 0.2) is 5.54 Å². The first kappa shape index (κ1) is 27.5. The van der Waals surface area contributed by atoms with Crippen molar-refractivity contribution in [1.82, 2.24) is 14.8 Å². The van der Waals surface area contributed by atoms with Crippen molar-refractivity contribution in [3.05, 3.63) is 70.2 Å². The summed E-state index contributed by atoms with van der Waals surface area (Å²) < 4.78 is 34.6. The molecule has 1 fully saturated rings. The number of hydrogen-bond donors (Lipinski definition) is 1. The quantitative estimate of drug-likeness (QED) is 0.446. The highest BCUT2D eigenvalue weighted by atomic mass is 35.5. The number of nitrogens with zero attached hydrogens (tertiary/aromatic N) is 4. The van der Waals surface area contributed by atoms with Crippen LogP contribution in [0.5, 0.6) is 5.88 Å². The number of likely N-dealkylation sites (tertiary alicyclic amines) is 1. The number of β-amino-alcohol motifs (C(OH)–C–C–N with tert-alkyl or cyclic N) is 1. The molecule has 0 radical (unpaired) electrons. The molecule has 3 atom stereocenters. The van der Waals surface area contributed by atoms with E-state index in [4.69, 9.17) is 16.3 Å². The standard InChI is InChI=1S/C26H27ClN4O6S2/c1-4-37-23-18(7-5-11-28-23)26(30-15-17(32)14-21(30)24(33)29(2)3)19-13-16(27)9-10-20(19)31(25(26)34)39(35,36)22-8-6-12-38-22/h5-13,17,21,32H,4,14-15H2,1-3H3/t17-,21+,26?/m1/s1. The maximum Gasteiger partial charge on any atom is 0.280 e. The number of fused-ring (bicyclic) bond motifs is 1. The molecule has 1 aromatic carbocycles. The van der Waals surface area contributed by atoms with Gasteiger partial charge >= 0.3 is 0 Å². The number of benzene rings is 1. The van der Waals surface area contributed by atoms with Crippen molar-refractivity contribution < 1.29 is 27.9 Å². The molecule has 10 nitrogen and oxygen atoms in total. The lowest BCUT2D eigenvalue weighted by Gasteiger charge is -2.41. The zero-order valence-electron chi connectivity index (χ0n) is 21.4. The highest BCUT2D eigenvalue weighted by Gasteiger charge is 2.64. The van der Waals surface area contributed by atoms with Gasteiger partial charge in [-0.1, -0.05) is 17.7 Å². The second kappa shape index (κ2) is 10.2. The minimum absolute atomic E-state index is 0.0221. The van der Waals surface area contributed by atoms with E-state index < -0.39 is 33.6 Å². The van der Waals surface area contributed by atoms with Gasteiger partial charge in [0, 0.05) is 43.0 Å². The van der Waals surface area contributed by atoms with Crippen molar-refractivity contribution in [3.8, 4) is 5.88 Å². The molecular weight excluding hydrogens is 564 g/mol. The van der Waals surface area contributed by atoms with Crippen molar-refractivity contribution in [1.29, 1.82) is 0 Å². The molecule has 0 aliphatic carbocycles. The van der Waals surface area contributed by atoms with Gasteiger partial charge in [0.05, 0.1) is 24.4 Å². The topological polar surface area (TPSA) is 120 Å². The van der Waals surface area contributed by atoms with E-state index in [1.54, 1.807) is 49.5 Å². The third-order valence-corrected chi connectivity index (χ3v) is 10.2. The minimum atomic E-state index is -4.36. The molecule has 2 aliphatic heterocycles. The summed E-state index contributed by atoms with van der Waals surface area (Å²) in [5, 5.41) is 12.7. The van der Waals surface area contributed by atoms with E-state index in [2.05, 4.69) is 4.98 Å². The molecule has 5 rings (SSSR count). The number of thiophene rings is 1. The van der Waals surface area contributed by atoms with Crippen molar-refractivity contribution in [3.63, 3.8) is 0 Å². The first-order chi connectivity index (χ1) is 18.5. The SMILES string of the molecule is CCOc1ncccc1C1(N2C[C@H](O)C[C@H]2C(=O)N(C)C)C(=O)N(S(=O)(=O)c2cccs2)c2ccc(Cl)cc21. The highest BCUT2D eigenvalue weighted by Crippen LogP contribution is 2.54. The summed E-state index contributed by atoms with van der Waals surface area (Å²) in [4.78, 5) is 35.7. The van der Waals surface area contributed by atoms with Crippen LogP contribution in [0.1, 0.15) is 24.5 Å². The Morgan fingerprint density at radius 3 is 2.69 bits per heavy atom. The molecule has 2 aromatic heterocycles. The summed E-state index contributed by atoms with van der Waals surface area (Å²) in [5.74, 6) is -1.08. The van der Waals surface area contributed by atoms with E-state index in [1.807, 2.05) is 0 Å². The van der Waals surface area contributed by atoms with Crippen LogP contribution in [-0.4, -0.2) is 79.5 Å². The minimum Gasteiger partial charge on any atom is -0.478 e. The number of aromatic nitrogens is 1. The third-order valence-electron chi connectivity index (χ3n) is 6.93. The molecule has 1 N–H and O–H groups in total. The fourth-order valence-corrected chi connectivity index (χ4v) is 8.11. The fourth-order valence-electron chi connectivity index (χ4n) is 5.41. The van der Waals surface area contributed by atoms with Gasteiger partial charge in [-0.3, -0.25) is 14.5 Å². The van der Waals surface area contributed by atoms with E-state index in [1.165, 1.54) is 35.4 Å². The Balaban J connectivity index is 1.88. The van der Waals surface area contributed by atoms with Crippen LogP contribution in [0, 0.1) is 0 Å². The Morgan fingerprint density at radius 1 is 1.26 bits per heavy atom. The summed E-state index contributed by atoms with van der Waals surface area (Å²) >= 11 is 7.45. The number of pyridine rings is 1. The maximum absolute atomic E-state index is 14.9. The van der Waals surface area contributed by atoms with Gasteiger partial charge in [0.2, 0.25) is 11.8 Å². The van der Waals surface area contributed by atoms with Gasteiger partial charge in [-0.2, -0.15) is 12.7 Å². The van der Waals surface area contributed by atoms with E-state index in [0.29, 0.717) is 0 Å². The van der Waals surface area contributed by atoms with Crippen molar-refractivity contribution >= 4 is 50.5 Å². The lowest BCUT2D eigenvalue weighted by molar-refractivity contribution is -0.138. The van der Waals surface area contributed by atoms with Crippen LogP contribution in [-0.2, 0) is 25.2 Å². The Morgan fingerprint density at radius 2 is 2.03 bits per heavy atom. The summed E-state index contributed by atoms with van der Waals surface area (Å²) in [6, 6.07) is 9.82. The summed E-state index contributed by atoms with van der Waals surface area (Å²) in [7, 11) is -1.19. The number of ether oxygens (including phenoxy) is 1. The van der Waals surface area contributed by atoms with Crippen LogP contribution in [0.15, 0.2) is 58.3 Å². The molecule has 4 heterocycles. The lowest BCUT2D eigenvalue weighted by atomic mass is 9.81. The number of rotatable bonds is 7. The lowest BCUT2D eigenvalue weighted by Crippen LogP contribution is -2.59.